The number of carbonyl (C=O) groups is 2. The van der Waals surface area contributed by atoms with Crippen molar-refractivity contribution in [1.82, 2.24) is 4.90 Å². The second-order valence-electron chi connectivity index (χ2n) is 6.26. The first-order valence-corrected chi connectivity index (χ1v) is 7.02. The zero-order valence-corrected chi connectivity index (χ0v) is 12.6. The molecule has 4 nitrogen and oxygen atoms in total. The maximum Gasteiger partial charge on any atom is 0.410 e. The zero-order valence-electron chi connectivity index (χ0n) is 12.6. The number of likely N-dealkylation sites (tertiary alicyclic amines) is 1. The second kappa shape index (κ2) is 5.84. The Labute approximate surface area is 123 Å². The summed E-state index contributed by atoms with van der Waals surface area (Å²) in [5.41, 5.74) is 0.221. The molecule has 1 atom stereocenters. The molecule has 1 amide bonds. The number of hydrogen-bond acceptors (Lipinski definition) is 3. The van der Waals surface area contributed by atoms with E-state index in [1.165, 1.54) is 17.0 Å². The number of halogens is 1. The van der Waals surface area contributed by atoms with Gasteiger partial charge < -0.3 is 9.64 Å². The molecular weight excluding hydrogens is 273 g/mol. The van der Waals surface area contributed by atoms with Crippen LogP contribution in [-0.2, 0) is 9.53 Å². The molecule has 1 heterocycles. The van der Waals surface area contributed by atoms with Gasteiger partial charge in [-0.25, -0.2) is 9.18 Å². The van der Waals surface area contributed by atoms with Crippen molar-refractivity contribution in [3.63, 3.8) is 0 Å². The van der Waals surface area contributed by atoms with Crippen LogP contribution in [0.4, 0.5) is 9.18 Å². The minimum atomic E-state index is -0.575. The quantitative estimate of drug-likeness (QED) is 0.799. The minimum absolute atomic E-state index is 0.0386. The average molecular weight is 293 g/mol. The number of carbonyl (C=O) groups excluding carboxylic acids is 2. The molecule has 2 rings (SSSR count). The van der Waals surface area contributed by atoms with E-state index in [2.05, 4.69) is 0 Å². The first-order valence-electron chi connectivity index (χ1n) is 7.02. The van der Waals surface area contributed by atoms with Gasteiger partial charge in [-0.3, -0.25) is 4.79 Å². The Morgan fingerprint density at radius 1 is 1.29 bits per heavy atom. The van der Waals surface area contributed by atoms with E-state index in [-0.39, 0.29) is 24.1 Å². The third kappa shape index (κ3) is 4.03. The van der Waals surface area contributed by atoms with Gasteiger partial charge in [0.05, 0.1) is 6.54 Å². The topological polar surface area (TPSA) is 46.6 Å². The standard InChI is InChI=1S/C16H20FNO3/c1-16(2,3)21-15(20)18-9-8-13(14(19)10-18)11-4-6-12(17)7-5-11/h4-7,13H,8-10H2,1-3H3/t13-/m0/s1. The fourth-order valence-electron chi connectivity index (χ4n) is 2.35. The molecule has 0 saturated carbocycles. The van der Waals surface area contributed by atoms with Crippen molar-refractivity contribution in [1.29, 1.82) is 0 Å². The number of amides is 1. The summed E-state index contributed by atoms with van der Waals surface area (Å²) in [6.45, 7) is 5.87. The largest absolute Gasteiger partial charge is 0.444 e. The predicted molar refractivity (Wildman–Crippen MR) is 76.6 cm³/mol. The van der Waals surface area contributed by atoms with Gasteiger partial charge in [-0.15, -0.1) is 0 Å². The normalized spacial score (nSPS) is 19.5. The lowest BCUT2D eigenvalue weighted by molar-refractivity contribution is -0.123. The first kappa shape index (κ1) is 15.5. The van der Waals surface area contributed by atoms with Crippen LogP contribution in [0.5, 0.6) is 0 Å². The number of Topliss-reactive ketones (excluding diaryl/α,β-unsaturated/α-hetero) is 1. The lowest BCUT2D eigenvalue weighted by Crippen LogP contribution is -2.45. The Hall–Kier alpha value is -1.91. The smallest absolute Gasteiger partial charge is 0.410 e. The van der Waals surface area contributed by atoms with Crippen molar-refractivity contribution in [3.8, 4) is 0 Å². The third-order valence-electron chi connectivity index (χ3n) is 3.35. The number of rotatable bonds is 1. The van der Waals surface area contributed by atoms with E-state index < -0.39 is 11.7 Å². The summed E-state index contributed by atoms with van der Waals surface area (Å²) in [6.07, 6.45) is 0.0670. The van der Waals surface area contributed by atoms with Gasteiger partial charge in [0.25, 0.3) is 0 Å². The van der Waals surface area contributed by atoms with Crippen molar-refractivity contribution in [2.75, 3.05) is 13.1 Å². The van der Waals surface area contributed by atoms with E-state index in [0.29, 0.717) is 13.0 Å². The maximum atomic E-state index is 12.9. The lowest BCUT2D eigenvalue weighted by Gasteiger charge is -2.32. The SMILES string of the molecule is CC(C)(C)OC(=O)N1CC[C@@H](c2ccc(F)cc2)C(=O)C1. The van der Waals surface area contributed by atoms with E-state index in [1.807, 2.05) is 0 Å². The monoisotopic (exact) mass is 293 g/mol. The third-order valence-corrected chi connectivity index (χ3v) is 3.35. The first-order chi connectivity index (χ1) is 9.76. The van der Waals surface area contributed by atoms with Crippen LogP contribution in [0.3, 0.4) is 0 Å². The summed E-state index contributed by atoms with van der Waals surface area (Å²) < 4.78 is 18.2. The van der Waals surface area contributed by atoms with Gasteiger partial charge in [0.15, 0.2) is 5.78 Å². The van der Waals surface area contributed by atoms with Crippen LogP contribution in [0, 0.1) is 5.82 Å². The number of hydrogen-bond donors (Lipinski definition) is 0. The van der Waals surface area contributed by atoms with Crippen LogP contribution in [0.25, 0.3) is 0 Å². The number of piperidine rings is 1. The Morgan fingerprint density at radius 3 is 2.43 bits per heavy atom. The van der Waals surface area contributed by atoms with Crippen molar-refractivity contribution in [3.05, 3.63) is 35.6 Å². The molecule has 0 spiro atoms. The summed E-state index contributed by atoms with van der Waals surface area (Å²) in [7, 11) is 0. The van der Waals surface area contributed by atoms with Gasteiger partial charge in [0.1, 0.15) is 11.4 Å². The number of nitrogens with zero attached hydrogens (tertiary/aromatic N) is 1. The zero-order chi connectivity index (χ0) is 15.6. The molecule has 0 unspecified atom stereocenters. The van der Waals surface area contributed by atoms with E-state index in [4.69, 9.17) is 4.74 Å². The molecule has 0 aromatic heterocycles. The molecule has 1 aromatic rings. The molecule has 1 aromatic carbocycles. The van der Waals surface area contributed by atoms with Crippen LogP contribution in [-0.4, -0.2) is 35.5 Å². The number of ketones is 1. The fourth-order valence-corrected chi connectivity index (χ4v) is 2.35. The summed E-state index contributed by atoms with van der Waals surface area (Å²) in [5.74, 6) is -0.639. The Kier molecular flexibility index (Phi) is 4.30. The van der Waals surface area contributed by atoms with Crippen LogP contribution in [0.1, 0.15) is 38.7 Å². The summed E-state index contributed by atoms with van der Waals surface area (Å²) in [6, 6.07) is 5.95. The van der Waals surface area contributed by atoms with Crippen molar-refractivity contribution >= 4 is 11.9 Å². The molecule has 1 aliphatic rings. The van der Waals surface area contributed by atoms with Gasteiger partial charge in [0, 0.05) is 12.5 Å². The highest BCUT2D eigenvalue weighted by Gasteiger charge is 2.32. The molecular formula is C16H20FNO3. The number of benzene rings is 1. The molecule has 1 fully saturated rings. The molecule has 0 radical (unpaired) electrons. The van der Waals surface area contributed by atoms with Crippen LogP contribution in [0.2, 0.25) is 0 Å². The Morgan fingerprint density at radius 2 is 1.90 bits per heavy atom. The van der Waals surface area contributed by atoms with Crippen LogP contribution >= 0.6 is 0 Å². The highest BCUT2D eigenvalue weighted by molar-refractivity contribution is 5.90. The summed E-state index contributed by atoms with van der Waals surface area (Å²) in [4.78, 5) is 25.6. The maximum absolute atomic E-state index is 12.9. The molecule has 0 aliphatic carbocycles. The number of ether oxygens (including phenoxy) is 1. The van der Waals surface area contributed by atoms with Gasteiger partial charge >= 0.3 is 6.09 Å². The van der Waals surface area contributed by atoms with Gasteiger partial charge in [-0.2, -0.15) is 0 Å². The average Bonchev–Trinajstić information content (AvgIpc) is 2.38. The molecule has 0 N–H and O–H groups in total. The molecule has 1 aliphatic heterocycles. The molecule has 114 valence electrons. The van der Waals surface area contributed by atoms with E-state index in [9.17, 15) is 14.0 Å². The van der Waals surface area contributed by atoms with Gasteiger partial charge in [-0.1, -0.05) is 12.1 Å². The molecule has 0 bridgehead atoms. The molecule has 5 heteroatoms. The van der Waals surface area contributed by atoms with E-state index >= 15 is 0 Å². The second-order valence-corrected chi connectivity index (χ2v) is 6.26. The van der Waals surface area contributed by atoms with Crippen LogP contribution in [0.15, 0.2) is 24.3 Å². The van der Waals surface area contributed by atoms with Crippen molar-refractivity contribution in [2.45, 2.75) is 38.7 Å². The van der Waals surface area contributed by atoms with Gasteiger partial charge in [0.2, 0.25) is 0 Å². The minimum Gasteiger partial charge on any atom is -0.444 e. The van der Waals surface area contributed by atoms with Crippen LogP contribution < -0.4 is 0 Å². The van der Waals surface area contributed by atoms with Gasteiger partial charge in [-0.05, 0) is 44.9 Å². The Bertz CT molecular complexity index is 533. The molecule has 1 saturated heterocycles. The van der Waals surface area contributed by atoms with E-state index in [0.717, 1.165) is 5.56 Å². The summed E-state index contributed by atoms with van der Waals surface area (Å²) >= 11 is 0. The lowest BCUT2D eigenvalue weighted by atomic mass is 9.88. The van der Waals surface area contributed by atoms with E-state index in [1.54, 1.807) is 32.9 Å². The Balaban J connectivity index is 2.01. The van der Waals surface area contributed by atoms with Crippen molar-refractivity contribution in [2.24, 2.45) is 0 Å². The molecule has 21 heavy (non-hydrogen) atoms. The summed E-state index contributed by atoms with van der Waals surface area (Å²) in [5, 5.41) is 0. The fraction of sp³-hybridized carbons (Fsp3) is 0.500. The van der Waals surface area contributed by atoms with Crippen molar-refractivity contribution < 1.29 is 18.7 Å². The highest BCUT2D eigenvalue weighted by Crippen LogP contribution is 2.26. The predicted octanol–water partition coefficient (Wildman–Crippen LogP) is 3.12. The highest BCUT2D eigenvalue weighted by atomic mass is 19.1.